The first-order chi connectivity index (χ1) is 21.2. The first-order valence-corrected chi connectivity index (χ1v) is 16.3. The number of nitrogens with zero attached hydrogens (tertiary/aromatic N) is 1. The van der Waals surface area contributed by atoms with Crippen LogP contribution in [0.4, 0.5) is 0 Å². The number of aryl methyl sites for hydroxylation is 2. The number of likely N-dealkylation sites (tertiary alicyclic amines) is 1. The maximum absolute atomic E-state index is 12.8. The molecule has 0 aliphatic carbocycles. The molecule has 0 bridgehead atoms. The molecule has 44 heavy (non-hydrogen) atoms. The maximum Gasteiger partial charge on any atom is 0.305 e. The highest BCUT2D eigenvalue weighted by Crippen LogP contribution is 2.23. The molecule has 0 aromatic heterocycles. The van der Waals surface area contributed by atoms with Crippen molar-refractivity contribution in [3.8, 4) is 0 Å². The lowest BCUT2D eigenvalue weighted by Crippen LogP contribution is -2.51. The number of Topliss-reactive ketones (excluding diaryl/α,β-unsaturated/α-hetero) is 2. The summed E-state index contributed by atoms with van der Waals surface area (Å²) in [5.41, 5.74) is 2.19. The van der Waals surface area contributed by atoms with E-state index in [9.17, 15) is 24.0 Å². The number of hydrogen-bond acceptors (Lipinski definition) is 6. The molecular weight excluding hydrogens is 554 g/mol. The molecule has 3 rings (SSSR count). The van der Waals surface area contributed by atoms with Crippen molar-refractivity contribution < 1.29 is 28.7 Å². The SMILES string of the molecule is CC(C)(COC(=O)CCCCCCCCC(=O)c1cccc(CCCc2ccccc2)c1)C(=O)C(=O)N1CCCC[C@H]1C=O. The Morgan fingerprint density at radius 1 is 0.818 bits per heavy atom. The van der Waals surface area contributed by atoms with Crippen molar-refractivity contribution in [3.63, 3.8) is 0 Å². The summed E-state index contributed by atoms with van der Waals surface area (Å²) in [5.74, 6) is -1.49. The molecule has 238 valence electrons. The van der Waals surface area contributed by atoms with Gasteiger partial charge >= 0.3 is 5.97 Å². The number of carbonyl (C=O) groups is 5. The number of ether oxygens (including phenoxy) is 1. The monoisotopic (exact) mass is 603 g/mol. The van der Waals surface area contributed by atoms with Gasteiger partial charge in [0.05, 0.1) is 11.5 Å². The van der Waals surface area contributed by atoms with Gasteiger partial charge in [-0.05, 0) is 82.4 Å². The first-order valence-electron chi connectivity index (χ1n) is 16.3. The average Bonchev–Trinajstić information content (AvgIpc) is 3.04. The van der Waals surface area contributed by atoms with E-state index in [2.05, 4.69) is 30.3 Å². The van der Waals surface area contributed by atoms with Crippen LogP contribution >= 0.6 is 0 Å². The largest absolute Gasteiger partial charge is 0.465 e. The fraction of sp³-hybridized carbons (Fsp3) is 0.541. The van der Waals surface area contributed by atoms with Crippen molar-refractivity contribution in [1.82, 2.24) is 4.90 Å². The van der Waals surface area contributed by atoms with E-state index in [1.807, 2.05) is 24.3 Å². The highest BCUT2D eigenvalue weighted by Gasteiger charge is 2.39. The fourth-order valence-electron chi connectivity index (χ4n) is 5.62. The summed E-state index contributed by atoms with van der Waals surface area (Å²) in [6, 6.07) is 17.9. The van der Waals surface area contributed by atoms with Crippen molar-refractivity contribution >= 4 is 29.7 Å². The average molecular weight is 604 g/mol. The number of rotatable bonds is 19. The molecule has 7 heteroatoms. The zero-order valence-electron chi connectivity index (χ0n) is 26.6. The molecule has 0 radical (unpaired) electrons. The van der Waals surface area contributed by atoms with Crippen LogP contribution in [-0.4, -0.2) is 53.8 Å². The Kier molecular flexibility index (Phi) is 14.5. The molecule has 0 N–H and O–H groups in total. The predicted molar refractivity (Wildman–Crippen MR) is 171 cm³/mol. The van der Waals surface area contributed by atoms with E-state index in [4.69, 9.17) is 4.74 Å². The third-order valence-electron chi connectivity index (χ3n) is 8.43. The summed E-state index contributed by atoms with van der Waals surface area (Å²) < 4.78 is 5.34. The zero-order valence-corrected chi connectivity index (χ0v) is 26.6. The van der Waals surface area contributed by atoms with Crippen LogP contribution in [-0.2, 0) is 36.8 Å². The van der Waals surface area contributed by atoms with Gasteiger partial charge in [-0.2, -0.15) is 0 Å². The normalized spacial score (nSPS) is 15.0. The molecule has 7 nitrogen and oxygen atoms in total. The number of esters is 1. The van der Waals surface area contributed by atoms with E-state index in [0.717, 1.165) is 76.1 Å². The molecule has 0 saturated carbocycles. The number of unbranched alkanes of at least 4 members (excludes halogenated alkanes) is 5. The summed E-state index contributed by atoms with van der Waals surface area (Å²) in [4.78, 5) is 63.2. The van der Waals surface area contributed by atoms with E-state index in [1.165, 1.54) is 16.0 Å². The molecule has 1 fully saturated rings. The lowest BCUT2D eigenvalue weighted by molar-refractivity contribution is -0.157. The number of aldehydes is 1. The summed E-state index contributed by atoms with van der Waals surface area (Å²) >= 11 is 0. The van der Waals surface area contributed by atoms with Gasteiger partial charge in [-0.3, -0.25) is 19.2 Å². The van der Waals surface area contributed by atoms with E-state index in [1.54, 1.807) is 13.8 Å². The quantitative estimate of drug-likeness (QED) is 0.0571. The molecule has 1 aliphatic rings. The van der Waals surface area contributed by atoms with Crippen LogP contribution in [0, 0.1) is 5.41 Å². The molecule has 0 unspecified atom stereocenters. The Bertz CT molecular complexity index is 1240. The van der Waals surface area contributed by atoms with E-state index < -0.39 is 23.1 Å². The molecule has 0 spiro atoms. The van der Waals surface area contributed by atoms with Crippen molar-refractivity contribution in [2.24, 2.45) is 5.41 Å². The molecule has 1 saturated heterocycles. The van der Waals surface area contributed by atoms with Gasteiger partial charge in [0, 0.05) is 24.9 Å². The Labute approximate surface area is 262 Å². The van der Waals surface area contributed by atoms with Crippen molar-refractivity contribution in [2.45, 2.75) is 110 Å². The van der Waals surface area contributed by atoms with Gasteiger partial charge in [-0.15, -0.1) is 0 Å². The molecular formula is C37H49NO6. The van der Waals surface area contributed by atoms with Gasteiger partial charge in [-0.25, -0.2) is 0 Å². The lowest BCUT2D eigenvalue weighted by atomic mass is 9.87. The molecule has 1 heterocycles. The van der Waals surface area contributed by atoms with Crippen LogP contribution in [0.25, 0.3) is 0 Å². The second-order valence-electron chi connectivity index (χ2n) is 12.7. The standard InChI is InChI=1S/C37H49NO6/c1-37(2,35(42)36(43)38-25-13-12-22-32(38)27-39)28-44-34(41)24-11-6-4-3-5-10-23-33(40)31-21-15-20-30(26-31)19-14-18-29-16-8-7-9-17-29/h7-9,15-17,20-21,26-27,32H,3-6,10-14,18-19,22-25,28H2,1-2H3/t32-/m0/s1. The van der Waals surface area contributed by atoms with Gasteiger partial charge in [-0.1, -0.05) is 74.2 Å². The minimum atomic E-state index is -1.15. The first kappa shape index (κ1) is 34.9. The topological polar surface area (TPSA) is 97.8 Å². The second kappa shape index (κ2) is 18.3. The van der Waals surface area contributed by atoms with Gasteiger partial charge in [0.2, 0.25) is 5.78 Å². The Hall–Kier alpha value is -3.61. The maximum atomic E-state index is 12.8. The van der Waals surface area contributed by atoms with Gasteiger partial charge < -0.3 is 14.4 Å². The van der Waals surface area contributed by atoms with Crippen LogP contribution in [0.15, 0.2) is 54.6 Å². The number of piperidine rings is 1. The predicted octanol–water partition coefficient (Wildman–Crippen LogP) is 6.88. The molecule has 1 aliphatic heterocycles. The Morgan fingerprint density at radius 2 is 1.48 bits per heavy atom. The Balaban J connectivity index is 1.24. The van der Waals surface area contributed by atoms with E-state index in [-0.39, 0.29) is 24.8 Å². The summed E-state index contributed by atoms with van der Waals surface area (Å²) in [7, 11) is 0. The minimum absolute atomic E-state index is 0.166. The highest BCUT2D eigenvalue weighted by atomic mass is 16.5. The molecule has 2 aromatic carbocycles. The number of amides is 1. The molecule has 1 amide bonds. The van der Waals surface area contributed by atoms with Crippen molar-refractivity contribution in [3.05, 3.63) is 71.3 Å². The third-order valence-corrected chi connectivity index (χ3v) is 8.43. The zero-order chi connectivity index (χ0) is 31.8. The smallest absolute Gasteiger partial charge is 0.305 e. The van der Waals surface area contributed by atoms with Crippen molar-refractivity contribution in [2.75, 3.05) is 13.2 Å². The lowest BCUT2D eigenvalue weighted by Gasteiger charge is -2.34. The van der Waals surface area contributed by atoms with Crippen molar-refractivity contribution in [1.29, 1.82) is 0 Å². The molecule has 1 atom stereocenters. The Morgan fingerprint density at radius 3 is 2.20 bits per heavy atom. The van der Waals surface area contributed by atoms with Crippen LogP contribution in [0.5, 0.6) is 0 Å². The number of benzene rings is 2. The van der Waals surface area contributed by atoms with Crippen LogP contribution < -0.4 is 0 Å². The number of ketones is 2. The second-order valence-corrected chi connectivity index (χ2v) is 12.7. The van der Waals surface area contributed by atoms with Gasteiger partial charge in [0.15, 0.2) is 5.78 Å². The van der Waals surface area contributed by atoms with Crippen LogP contribution in [0.3, 0.4) is 0 Å². The van der Waals surface area contributed by atoms with Gasteiger partial charge in [0.25, 0.3) is 5.91 Å². The molecule has 2 aromatic rings. The minimum Gasteiger partial charge on any atom is -0.465 e. The summed E-state index contributed by atoms with van der Waals surface area (Å²) in [5, 5.41) is 0. The third kappa shape index (κ3) is 11.5. The summed E-state index contributed by atoms with van der Waals surface area (Å²) in [6.45, 7) is 3.41. The van der Waals surface area contributed by atoms with E-state index >= 15 is 0 Å². The van der Waals surface area contributed by atoms with Crippen LogP contribution in [0.2, 0.25) is 0 Å². The summed E-state index contributed by atoms with van der Waals surface area (Å²) in [6.07, 6.45) is 12.2. The van der Waals surface area contributed by atoms with Gasteiger partial charge in [0.1, 0.15) is 12.9 Å². The van der Waals surface area contributed by atoms with E-state index in [0.29, 0.717) is 25.8 Å². The fourth-order valence-corrected chi connectivity index (χ4v) is 5.62. The highest BCUT2D eigenvalue weighted by molar-refractivity contribution is 6.38. The van der Waals surface area contributed by atoms with Crippen LogP contribution in [0.1, 0.15) is 112 Å². The number of carbonyl (C=O) groups excluding carboxylic acids is 5. The number of hydrogen-bond donors (Lipinski definition) is 0.